The Balaban J connectivity index is 2.43. The lowest BCUT2D eigenvalue weighted by Crippen LogP contribution is -2.36. The Morgan fingerprint density at radius 2 is 2.00 bits per heavy atom. The van der Waals surface area contributed by atoms with Gasteiger partial charge in [0, 0.05) is 6.04 Å². The van der Waals surface area contributed by atoms with Gasteiger partial charge in [-0.05, 0) is 24.2 Å². The normalized spacial score (nSPS) is 22.3. The molecule has 0 aromatic heterocycles. The molecule has 1 aliphatic carbocycles. The van der Waals surface area contributed by atoms with Crippen LogP contribution in [0.5, 0.6) is 0 Å². The standard InChI is InChI=1S/C14H27NO2/c1-3-12(13(15)9-14(16)17)10(2)8-11-6-4-5-7-11/h10-13H,3-9,15H2,1-2H3,(H,16,17). The fraction of sp³-hybridized carbons (Fsp3) is 0.929. The zero-order valence-electron chi connectivity index (χ0n) is 11.2. The van der Waals surface area contributed by atoms with Gasteiger partial charge in [-0.1, -0.05) is 46.0 Å². The van der Waals surface area contributed by atoms with Crippen molar-refractivity contribution in [2.75, 3.05) is 0 Å². The molecule has 0 bridgehead atoms. The maximum Gasteiger partial charge on any atom is 0.304 e. The molecule has 1 aliphatic rings. The van der Waals surface area contributed by atoms with Crippen molar-refractivity contribution >= 4 is 5.97 Å². The molecule has 0 spiro atoms. The first kappa shape index (κ1) is 14.5. The minimum atomic E-state index is -0.774. The molecule has 1 rings (SSSR count). The van der Waals surface area contributed by atoms with Crippen LogP contribution in [0.1, 0.15) is 58.8 Å². The summed E-state index contributed by atoms with van der Waals surface area (Å²) in [6.45, 7) is 4.37. The summed E-state index contributed by atoms with van der Waals surface area (Å²) >= 11 is 0. The number of nitrogens with two attached hydrogens (primary N) is 1. The minimum Gasteiger partial charge on any atom is -0.481 e. The van der Waals surface area contributed by atoms with Crippen LogP contribution in [0, 0.1) is 17.8 Å². The van der Waals surface area contributed by atoms with Crippen molar-refractivity contribution in [2.45, 2.75) is 64.8 Å². The summed E-state index contributed by atoms with van der Waals surface area (Å²) in [5.41, 5.74) is 6.02. The summed E-state index contributed by atoms with van der Waals surface area (Å²) in [6, 6.07) is -0.186. The molecular weight excluding hydrogens is 214 g/mol. The van der Waals surface area contributed by atoms with Crippen LogP contribution < -0.4 is 5.73 Å². The number of carbonyl (C=O) groups is 1. The van der Waals surface area contributed by atoms with Gasteiger partial charge in [-0.15, -0.1) is 0 Å². The van der Waals surface area contributed by atoms with Crippen molar-refractivity contribution in [2.24, 2.45) is 23.5 Å². The van der Waals surface area contributed by atoms with Gasteiger partial charge in [0.1, 0.15) is 0 Å². The van der Waals surface area contributed by atoms with E-state index >= 15 is 0 Å². The number of carboxylic acids is 1. The van der Waals surface area contributed by atoms with Crippen LogP contribution in [-0.2, 0) is 4.79 Å². The smallest absolute Gasteiger partial charge is 0.304 e. The molecule has 100 valence electrons. The molecule has 0 amide bonds. The van der Waals surface area contributed by atoms with Gasteiger partial charge in [0.15, 0.2) is 0 Å². The first-order chi connectivity index (χ1) is 8.04. The van der Waals surface area contributed by atoms with Gasteiger partial charge in [0.05, 0.1) is 6.42 Å². The number of rotatable bonds is 7. The third kappa shape index (κ3) is 4.66. The van der Waals surface area contributed by atoms with Crippen LogP contribution in [0.3, 0.4) is 0 Å². The van der Waals surface area contributed by atoms with E-state index in [1.807, 2.05) is 0 Å². The zero-order valence-corrected chi connectivity index (χ0v) is 11.2. The Hall–Kier alpha value is -0.570. The average Bonchev–Trinajstić information content (AvgIpc) is 2.70. The fourth-order valence-corrected chi connectivity index (χ4v) is 3.43. The zero-order chi connectivity index (χ0) is 12.8. The first-order valence-corrected chi connectivity index (χ1v) is 7.02. The summed E-state index contributed by atoms with van der Waals surface area (Å²) < 4.78 is 0. The van der Waals surface area contributed by atoms with Crippen LogP contribution in [-0.4, -0.2) is 17.1 Å². The van der Waals surface area contributed by atoms with Crippen LogP contribution in [0.2, 0.25) is 0 Å². The highest BCUT2D eigenvalue weighted by molar-refractivity contribution is 5.67. The second-order valence-electron chi connectivity index (χ2n) is 5.70. The minimum absolute atomic E-state index is 0.105. The van der Waals surface area contributed by atoms with E-state index in [0.717, 1.165) is 12.3 Å². The molecule has 17 heavy (non-hydrogen) atoms. The van der Waals surface area contributed by atoms with Crippen LogP contribution >= 0.6 is 0 Å². The average molecular weight is 241 g/mol. The SMILES string of the molecule is CCC(C(C)CC1CCCC1)C(N)CC(=O)O. The van der Waals surface area contributed by atoms with E-state index < -0.39 is 5.97 Å². The van der Waals surface area contributed by atoms with Gasteiger partial charge in [-0.2, -0.15) is 0 Å². The lowest BCUT2D eigenvalue weighted by atomic mass is 9.79. The summed E-state index contributed by atoms with van der Waals surface area (Å²) in [5.74, 6) is 0.990. The quantitative estimate of drug-likeness (QED) is 0.720. The van der Waals surface area contributed by atoms with Gasteiger partial charge >= 0.3 is 5.97 Å². The van der Waals surface area contributed by atoms with Gasteiger partial charge < -0.3 is 10.8 Å². The predicted octanol–water partition coefficient (Wildman–Crippen LogP) is 3.03. The van der Waals surface area contributed by atoms with E-state index in [0.29, 0.717) is 11.8 Å². The van der Waals surface area contributed by atoms with Gasteiger partial charge in [-0.3, -0.25) is 4.79 Å². The topological polar surface area (TPSA) is 63.3 Å². The molecule has 0 aromatic carbocycles. The molecule has 1 saturated carbocycles. The molecule has 3 N–H and O–H groups in total. The molecule has 0 radical (unpaired) electrons. The van der Waals surface area contributed by atoms with E-state index in [2.05, 4.69) is 13.8 Å². The molecule has 0 aliphatic heterocycles. The number of hydrogen-bond acceptors (Lipinski definition) is 2. The van der Waals surface area contributed by atoms with E-state index in [4.69, 9.17) is 10.8 Å². The number of hydrogen-bond donors (Lipinski definition) is 2. The second kappa shape index (κ2) is 7.00. The maximum atomic E-state index is 10.7. The Morgan fingerprint density at radius 3 is 2.47 bits per heavy atom. The highest BCUT2D eigenvalue weighted by Gasteiger charge is 2.27. The van der Waals surface area contributed by atoms with Gasteiger partial charge in [0.2, 0.25) is 0 Å². The first-order valence-electron chi connectivity index (χ1n) is 7.02. The molecule has 0 aromatic rings. The van der Waals surface area contributed by atoms with E-state index in [1.54, 1.807) is 0 Å². The molecule has 0 saturated heterocycles. The largest absolute Gasteiger partial charge is 0.481 e. The third-order valence-electron chi connectivity index (χ3n) is 4.34. The van der Waals surface area contributed by atoms with Crippen LogP contribution in [0.4, 0.5) is 0 Å². The lowest BCUT2D eigenvalue weighted by Gasteiger charge is -2.29. The van der Waals surface area contributed by atoms with Crippen LogP contribution in [0.25, 0.3) is 0 Å². The Labute approximate surface area is 105 Å². The van der Waals surface area contributed by atoms with Crippen molar-refractivity contribution in [3.8, 4) is 0 Å². The van der Waals surface area contributed by atoms with E-state index in [9.17, 15) is 4.79 Å². The maximum absolute atomic E-state index is 10.7. The second-order valence-corrected chi connectivity index (χ2v) is 5.70. The van der Waals surface area contributed by atoms with Crippen molar-refractivity contribution in [1.29, 1.82) is 0 Å². The Kier molecular flexibility index (Phi) is 5.96. The van der Waals surface area contributed by atoms with E-state index in [1.165, 1.54) is 32.1 Å². The van der Waals surface area contributed by atoms with Gasteiger partial charge in [0.25, 0.3) is 0 Å². The Morgan fingerprint density at radius 1 is 1.41 bits per heavy atom. The highest BCUT2D eigenvalue weighted by atomic mass is 16.4. The van der Waals surface area contributed by atoms with Crippen molar-refractivity contribution in [1.82, 2.24) is 0 Å². The summed E-state index contributed by atoms with van der Waals surface area (Å²) in [7, 11) is 0. The highest BCUT2D eigenvalue weighted by Crippen LogP contribution is 2.34. The number of aliphatic carboxylic acids is 1. The van der Waals surface area contributed by atoms with Crippen LogP contribution in [0.15, 0.2) is 0 Å². The third-order valence-corrected chi connectivity index (χ3v) is 4.34. The molecule has 3 atom stereocenters. The summed E-state index contributed by atoms with van der Waals surface area (Å²) in [5, 5.41) is 8.81. The fourth-order valence-electron chi connectivity index (χ4n) is 3.43. The molecule has 0 heterocycles. The predicted molar refractivity (Wildman–Crippen MR) is 69.7 cm³/mol. The molecule has 1 fully saturated rings. The molecule has 3 nitrogen and oxygen atoms in total. The van der Waals surface area contributed by atoms with Gasteiger partial charge in [-0.25, -0.2) is 0 Å². The Bertz CT molecular complexity index is 236. The molecule has 3 heteroatoms. The van der Waals surface area contributed by atoms with Crippen molar-refractivity contribution in [3.05, 3.63) is 0 Å². The number of carboxylic acid groups (broad SMARTS) is 1. The molecular formula is C14H27NO2. The van der Waals surface area contributed by atoms with Crippen molar-refractivity contribution in [3.63, 3.8) is 0 Å². The molecule has 3 unspecified atom stereocenters. The van der Waals surface area contributed by atoms with E-state index in [-0.39, 0.29) is 12.5 Å². The lowest BCUT2D eigenvalue weighted by molar-refractivity contribution is -0.137. The summed E-state index contributed by atoms with van der Waals surface area (Å²) in [6.07, 6.45) is 7.77. The van der Waals surface area contributed by atoms with Crippen molar-refractivity contribution < 1.29 is 9.90 Å². The summed E-state index contributed by atoms with van der Waals surface area (Å²) in [4.78, 5) is 10.7. The monoisotopic (exact) mass is 241 g/mol.